The molecule has 18 heavy (non-hydrogen) atoms. The first-order valence-corrected chi connectivity index (χ1v) is 5.95. The third-order valence-corrected chi connectivity index (χ3v) is 3.23. The van der Waals surface area contributed by atoms with Crippen LogP contribution in [0.5, 0.6) is 5.75 Å². The summed E-state index contributed by atoms with van der Waals surface area (Å²) >= 11 is 0. The molecule has 2 rings (SSSR count). The number of carbonyl (C=O) groups is 1. The van der Waals surface area contributed by atoms with E-state index in [-0.39, 0.29) is 23.3 Å². The van der Waals surface area contributed by atoms with E-state index in [0.29, 0.717) is 13.2 Å². The van der Waals surface area contributed by atoms with E-state index in [4.69, 9.17) is 4.74 Å². The number of amides is 1. The second kappa shape index (κ2) is 5.35. The predicted molar refractivity (Wildman–Crippen MR) is 63.9 cm³/mol. The zero-order valence-corrected chi connectivity index (χ0v) is 10.1. The largest absolute Gasteiger partial charge is 0.507 e. The summed E-state index contributed by atoms with van der Waals surface area (Å²) in [6.07, 6.45) is 0.899. The van der Waals surface area contributed by atoms with Gasteiger partial charge in [0.2, 0.25) is 0 Å². The number of hydrogen-bond acceptors (Lipinski definition) is 3. The molecule has 2 atom stereocenters. The van der Waals surface area contributed by atoms with Crippen molar-refractivity contribution in [1.82, 2.24) is 5.32 Å². The molecule has 1 heterocycles. The average Bonchev–Trinajstić information content (AvgIpc) is 2.85. The standard InChI is InChI=1S/C13H16FNO3/c1-8(9-4-5-18-7-9)15-13(17)11-6-10(14)2-3-12(11)16/h2-3,6,8-9,16H,4-5,7H2,1H3,(H,15,17)/t8-,9+/m1/s1. The molecule has 5 heteroatoms. The van der Waals surface area contributed by atoms with Crippen LogP contribution in [0, 0.1) is 11.7 Å². The highest BCUT2D eigenvalue weighted by molar-refractivity contribution is 5.96. The lowest BCUT2D eigenvalue weighted by atomic mass is 10.0. The Morgan fingerprint density at radius 1 is 1.61 bits per heavy atom. The number of hydrogen-bond donors (Lipinski definition) is 2. The van der Waals surface area contributed by atoms with E-state index >= 15 is 0 Å². The maximum Gasteiger partial charge on any atom is 0.255 e. The fourth-order valence-electron chi connectivity index (χ4n) is 2.04. The highest BCUT2D eigenvalue weighted by Gasteiger charge is 2.24. The SMILES string of the molecule is C[C@@H](NC(=O)c1cc(F)ccc1O)[C@H]1CCOC1. The summed E-state index contributed by atoms with van der Waals surface area (Å²) in [6, 6.07) is 3.25. The highest BCUT2D eigenvalue weighted by Crippen LogP contribution is 2.20. The van der Waals surface area contributed by atoms with Gasteiger partial charge in [-0.05, 0) is 31.5 Å². The molecule has 4 nitrogen and oxygen atoms in total. The van der Waals surface area contributed by atoms with Gasteiger partial charge in [0.05, 0.1) is 12.2 Å². The Kier molecular flexibility index (Phi) is 3.81. The van der Waals surface area contributed by atoms with Gasteiger partial charge in [-0.15, -0.1) is 0 Å². The van der Waals surface area contributed by atoms with Crippen LogP contribution in [0.25, 0.3) is 0 Å². The van der Waals surface area contributed by atoms with Gasteiger partial charge in [0.15, 0.2) is 0 Å². The lowest BCUT2D eigenvalue weighted by molar-refractivity contribution is 0.0919. The summed E-state index contributed by atoms with van der Waals surface area (Å²) in [7, 11) is 0. The first-order valence-electron chi connectivity index (χ1n) is 5.95. The number of carbonyl (C=O) groups excluding carboxylic acids is 1. The van der Waals surface area contributed by atoms with Crippen molar-refractivity contribution >= 4 is 5.91 Å². The van der Waals surface area contributed by atoms with Crippen LogP contribution in [0.4, 0.5) is 4.39 Å². The molecule has 2 N–H and O–H groups in total. The number of rotatable bonds is 3. The Labute approximate surface area is 105 Å². The Morgan fingerprint density at radius 3 is 3.06 bits per heavy atom. The zero-order valence-electron chi connectivity index (χ0n) is 10.1. The Hall–Kier alpha value is -1.62. The van der Waals surface area contributed by atoms with Crippen molar-refractivity contribution < 1.29 is 19.0 Å². The third-order valence-electron chi connectivity index (χ3n) is 3.23. The van der Waals surface area contributed by atoms with Crippen LogP contribution < -0.4 is 5.32 Å². The normalized spacial score (nSPS) is 20.7. The van der Waals surface area contributed by atoms with E-state index < -0.39 is 11.7 Å². The molecule has 0 aliphatic carbocycles. The summed E-state index contributed by atoms with van der Waals surface area (Å²) in [5.74, 6) is -0.963. The molecular weight excluding hydrogens is 237 g/mol. The Balaban J connectivity index is 2.04. The van der Waals surface area contributed by atoms with Crippen molar-refractivity contribution in [2.75, 3.05) is 13.2 Å². The van der Waals surface area contributed by atoms with Crippen molar-refractivity contribution in [1.29, 1.82) is 0 Å². The van der Waals surface area contributed by atoms with Crippen LogP contribution in [-0.2, 0) is 4.74 Å². The van der Waals surface area contributed by atoms with Gasteiger partial charge >= 0.3 is 0 Å². The summed E-state index contributed by atoms with van der Waals surface area (Å²) in [6.45, 7) is 3.21. The maximum absolute atomic E-state index is 13.0. The molecule has 0 aromatic heterocycles. The van der Waals surface area contributed by atoms with Gasteiger partial charge in [0.25, 0.3) is 5.91 Å². The van der Waals surface area contributed by atoms with Gasteiger partial charge in [-0.3, -0.25) is 4.79 Å². The van der Waals surface area contributed by atoms with Gasteiger partial charge in [-0.25, -0.2) is 4.39 Å². The minimum absolute atomic E-state index is 0.0410. The number of nitrogens with one attached hydrogen (secondary N) is 1. The quantitative estimate of drug-likeness (QED) is 0.861. The second-order valence-corrected chi connectivity index (χ2v) is 4.55. The fraction of sp³-hybridized carbons (Fsp3) is 0.462. The van der Waals surface area contributed by atoms with Crippen LogP contribution in [0.3, 0.4) is 0 Å². The lowest BCUT2D eigenvalue weighted by Crippen LogP contribution is -2.38. The molecule has 0 radical (unpaired) electrons. The van der Waals surface area contributed by atoms with Crippen LogP contribution >= 0.6 is 0 Å². The Bertz CT molecular complexity index is 444. The van der Waals surface area contributed by atoms with Crippen LogP contribution in [0.15, 0.2) is 18.2 Å². The fourth-order valence-corrected chi connectivity index (χ4v) is 2.04. The summed E-state index contributed by atoms with van der Waals surface area (Å²) in [5.41, 5.74) is -0.0410. The van der Waals surface area contributed by atoms with Gasteiger partial charge in [-0.1, -0.05) is 0 Å². The number of aromatic hydroxyl groups is 1. The molecule has 1 aromatic carbocycles. The highest BCUT2D eigenvalue weighted by atomic mass is 19.1. The van der Waals surface area contributed by atoms with Gasteiger partial charge < -0.3 is 15.2 Å². The molecule has 1 fully saturated rings. The average molecular weight is 253 g/mol. The van der Waals surface area contributed by atoms with Crippen LogP contribution in [0.1, 0.15) is 23.7 Å². The van der Waals surface area contributed by atoms with Crippen LogP contribution in [0.2, 0.25) is 0 Å². The molecule has 98 valence electrons. The lowest BCUT2D eigenvalue weighted by Gasteiger charge is -2.19. The van der Waals surface area contributed by atoms with E-state index in [1.807, 2.05) is 6.92 Å². The summed E-state index contributed by atoms with van der Waals surface area (Å²) in [5, 5.41) is 12.3. The first kappa shape index (κ1) is 12.8. The third kappa shape index (κ3) is 2.79. The Morgan fingerprint density at radius 2 is 2.39 bits per heavy atom. The smallest absolute Gasteiger partial charge is 0.255 e. The van der Waals surface area contributed by atoms with E-state index in [2.05, 4.69) is 5.32 Å². The minimum Gasteiger partial charge on any atom is -0.507 e. The predicted octanol–water partition coefficient (Wildman–Crippen LogP) is 1.69. The molecule has 1 saturated heterocycles. The number of benzene rings is 1. The summed E-state index contributed by atoms with van der Waals surface area (Å²) in [4.78, 5) is 11.9. The van der Waals surface area contributed by atoms with Gasteiger partial charge in [-0.2, -0.15) is 0 Å². The minimum atomic E-state index is -0.546. The number of ether oxygens (including phenoxy) is 1. The van der Waals surface area contributed by atoms with Crippen molar-refractivity contribution in [3.8, 4) is 5.75 Å². The van der Waals surface area contributed by atoms with E-state index in [1.54, 1.807) is 0 Å². The molecule has 0 unspecified atom stereocenters. The van der Waals surface area contributed by atoms with Gasteiger partial charge in [0, 0.05) is 18.6 Å². The number of phenolic OH excluding ortho intramolecular Hbond substituents is 1. The number of halogens is 1. The monoisotopic (exact) mass is 253 g/mol. The summed E-state index contributed by atoms with van der Waals surface area (Å²) < 4.78 is 18.3. The number of phenols is 1. The van der Waals surface area contributed by atoms with Crippen molar-refractivity contribution in [3.63, 3.8) is 0 Å². The zero-order chi connectivity index (χ0) is 13.1. The first-order chi connectivity index (χ1) is 8.58. The van der Waals surface area contributed by atoms with Gasteiger partial charge in [0.1, 0.15) is 11.6 Å². The van der Waals surface area contributed by atoms with E-state index in [0.717, 1.165) is 18.6 Å². The molecule has 0 bridgehead atoms. The van der Waals surface area contributed by atoms with Crippen LogP contribution in [-0.4, -0.2) is 30.3 Å². The molecule has 0 spiro atoms. The molecule has 1 aromatic rings. The molecular formula is C13H16FNO3. The molecule has 1 aliphatic heterocycles. The molecule has 1 amide bonds. The second-order valence-electron chi connectivity index (χ2n) is 4.55. The molecule has 0 saturated carbocycles. The topological polar surface area (TPSA) is 58.6 Å². The van der Waals surface area contributed by atoms with Crippen molar-refractivity contribution in [3.05, 3.63) is 29.6 Å². The van der Waals surface area contributed by atoms with E-state index in [1.165, 1.54) is 6.07 Å². The van der Waals surface area contributed by atoms with E-state index in [9.17, 15) is 14.3 Å². The van der Waals surface area contributed by atoms with Crippen molar-refractivity contribution in [2.45, 2.75) is 19.4 Å². The maximum atomic E-state index is 13.0. The van der Waals surface area contributed by atoms with Crippen molar-refractivity contribution in [2.24, 2.45) is 5.92 Å². The molecule has 1 aliphatic rings.